The number of morpholine rings is 1. The van der Waals surface area contributed by atoms with Crippen LogP contribution in [0.5, 0.6) is 5.88 Å². The van der Waals surface area contributed by atoms with E-state index in [4.69, 9.17) is 15.2 Å². The second-order valence-electron chi connectivity index (χ2n) is 5.06. The van der Waals surface area contributed by atoms with Gasteiger partial charge in [-0.25, -0.2) is 0 Å². The zero-order chi connectivity index (χ0) is 13.8. The van der Waals surface area contributed by atoms with Gasteiger partial charge in [0.15, 0.2) is 0 Å². The highest BCUT2D eigenvalue weighted by molar-refractivity contribution is 5.55. The van der Waals surface area contributed by atoms with E-state index in [0.717, 1.165) is 25.4 Å². The summed E-state index contributed by atoms with van der Waals surface area (Å²) in [5, 5.41) is 0. The van der Waals surface area contributed by atoms with E-state index in [1.54, 1.807) is 0 Å². The van der Waals surface area contributed by atoms with Crippen LogP contribution in [0.25, 0.3) is 0 Å². The Morgan fingerprint density at radius 3 is 3.00 bits per heavy atom. The molecule has 1 aliphatic heterocycles. The third kappa shape index (κ3) is 3.29. The molecule has 1 saturated heterocycles. The summed E-state index contributed by atoms with van der Waals surface area (Å²) < 4.78 is 11.2. The van der Waals surface area contributed by atoms with E-state index in [-0.39, 0.29) is 6.10 Å². The molecule has 2 unspecified atom stereocenters. The van der Waals surface area contributed by atoms with Crippen LogP contribution in [0.15, 0.2) is 12.1 Å². The van der Waals surface area contributed by atoms with Gasteiger partial charge in [0.05, 0.1) is 31.0 Å². The molecular weight excluding hydrogens is 242 g/mol. The molecule has 1 aromatic rings. The highest BCUT2D eigenvalue weighted by atomic mass is 16.5. The average Bonchev–Trinajstić information content (AvgIpc) is 2.41. The first kappa shape index (κ1) is 13.9. The van der Waals surface area contributed by atoms with Crippen LogP contribution >= 0.6 is 0 Å². The van der Waals surface area contributed by atoms with Crippen molar-refractivity contribution in [3.8, 4) is 5.88 Å². The van der Waals surface area contributed by atoms with Crippen molar-refractivity contribution in [3.63, 3.8) is 0 Å². The monoisotopic (exact) mass is 265 g/mol. The lowest BCUT2D eigenvalue weighted by atomic mass is 10.2. The summed E-state index contributed by atoms with van der Waals surface area (Å²) in [5.41, 5.74) is 6.48. The molecule has 5 heteroatoms. The lowest BCUT2D eigenvalue weighted by molar-refractivity contribution is 0.0340. The SMILES string of the molecule is CCCOc1nc(N2CC(C)OCC2C)ccc1N. The number of aromatic nitrogens is 1. The topological polar surface area (TPSA) is 60.6 Å². The molecule has 2 N–H and O–H groups in total. The van der Waals surface area contributed by atoms with Crippen LogP contribution in [-0.2, 0) is 4.74 Å². The lowest BCUT2D eigenvalue weighted by Crippen LogP contribution is -2.47. The molecule has 0 spiro atoms. The van der Waals surface area contributed by atoms with Crippen molar-refractivity contribution < 1.29 is 9.47 Å². The van der Waals surface area contributed by atoms with Gasteiger partial charge in [0, 0.05) is 6.54 Å². The number of anilines is 2. The van der Waals surface area contributed by atoms with Crippen LogP contribution in [-0.4, -0.2) is 36.9 Å². The van der Waals surface area contributed by atoms with Gasteiger partial charge in [-0.1, -0.05) is 6.92 Å². The van der Waals surface area contributed by atoms with Gasteiger partial charge in [-0.2, -0.15) is 4.98 Å². The number of nitrogens with two attached hydrogens (primary N) is 1. The first-order valence-electron chi connectivity index (χ1n) is 6.89. The summed E-state index contributed by atoms with van der Waals surface area (Å²) in [5.74, 6) is 1.44. The fraction of sp³-hybridized carbons (Fsp3) is 0.643. The molecular formula is C14H23N3O2. The maximum Gasteiger partial charge on any atom is 0.239 e. The van der Waals surface area contributed by atoms with Crippen LogP contribution in [0.4, 0.5) is 11.5 Å². The van der Waals surface area contributed by atoms with Crippen LogP contribution in [0.3, 0.4) is 0 Å². The fourth-order valence-corrected chi connectivity index (χ4v) is 2.14. The molecule has 0 aliphatic carbocycles. The van der Waals surface area contributed by atoms with Gasteiger partial charge >= 0.3 is 0 Å². The van der Waals surface area contributed by atoms with Gasteiger partial charge in [-0.3, -0.25) is 0 Å². The van der Waals surface area contributed by atoms with Gasteiger partial charge in [-0.15, -0.1) is 0 Å². The number of hydrogen-bond donors (Lipinski definition) is 1. The van der Waals surface area contributed by atoms with E-state index in [2.05, 4.69) is 30.7 Å². The number of ether oxygens (including phenoxy) is 2. The normalized spacial score (nSPS) is 23.4. The van der Waals surface area contributed by atoms with Gasteiger partial charge in [0.2, 0.25) is 5.88 Å². The third-order valence-electron chi connectivity index (χ3n) is 3.22. The smallest absolute Gasteiger partial charge is 0.239 e. The Balaban J connectivity index is 2.19. The number of hydrogen-bond acceptors (Lipinski definition) is 5. The van der Waals surface area contributed by atoms with E-state index in [9.17, 15) is 0 Å². The van der Waals surface area contributed by atoms with Gasteiger partial charge in [0.1, 0.15) is 5.82 Å². The minimum absolute atomic E-state index is 0.218. The maximum absolute atomic E-state index is 5.89. The summed E-state index contributed by atoms with van der Waals surface area (Å²) in [7, 11) is 0. The third-order valence-corrected chi connectivity index (χ3v) is 3.22. The molecule has 1 aliphatic rings. The Bertz CT molecular complexity index is 425. The zero-order valence-electron chi connectivity index (χ0n) is 11.9. The highest BCUT2D eigenvalue weighted by Crippen LogP contribution is 2.26. The standard InChI is InChI=1S/C14H23N3O2/c1-4-7-18-14-12(15)5-6-13(16-14)17-8-11(3)19-9-10(17)2/h5-6,10-11H,4,7-9,15H2,1-3H3. The summed E-state index contributed by atoms with van der Waals surface area (Å²) in [6.45, 7) is 8.46. The molecule has 0 amide bonds. The average molecular weight is 265 g/mol. The van der Waals surface area contributed by atoms with E-state index in [1.165, 1.54) is 0 Å². The predicted molar refractivity (Wildman–Crippen MR) is 76.7 cm³/mol. The number of nitrogen functional groups attached to an aromatic ring is 1. The van der Waals surface area contributed by atoms with Crippen LogP contribution < -0.4 is 15.4 Å². The van der Waals surface area contributed by atoms with Crippen LogP contribution in [0.1, 0.15) is 27.2 Å². The van der Waals surface area contributed by atoms with Crippen LogP contribution in [0.2, 0.25) is 0 Å². The second-order valence-corrected chi connectivity index (χ2v) is 5.06. The Labute approximate surface area is 114 Å². The molecule has 2 heterocycles. The van der Waals surface area contributed by atoms with Crippen molar-refractivity contribution in [2.24, 2.45) is 0 Å². The molecule has 2 atom stereocenters. The quantitative estimate of drug-likeness (QED) is 0.903. The summed E-state index contributed by atoms with van der Waals surface area (Å²) in [6.07, 6.45) is 1.16. The van der Waals surface area contributed by atoms with E-state index in [0.29, 0.717) is 24.2 Å². The van der Waals surface area contributed by atoms with Gasteiger partial charge in [0.25, 0.3) is 0 Å². The van der Waals surface area contributed by atoms with Gasteiger partial charge in [-0.05, 0) is 32.4 Å². The van der Waals surface area contributed by atoms with Crippen molar-refractivity contribution in [1.29, 1.82) is 0 Å². The summed E-state index contributed by atoms with van der Waals surface area (Å²) in [6, 6.07) is 4.12. The van der Waals surface area contributed by atoms with E-state index < -0.39 is 0 Å². The van der Waals surface area contributed by atoms with Crippen molar-refractivity contribution >= 4 is 11.5 Å². The lowest BCUT2D eigenvalue weighted by Gasteiger charge is -2.37. The largest absolute Gasteiger partial charge is 0.476 e. The Morgan fingerprint density at radius 2 is 2.26 bits per heavy atom. The molecule has 5 nitrogen and oxygen atoms in total. The van der Waals surface area contributed by atoms with Crippen molar-refractivity contribution in [3.05, 3.63) is 12.1 Å². The van der Waals surface area contributed by atoms with Crippen molar-refractivity contribution in [2.75, 3.05) is 30.4 Å². The predicted octanol–water partition coefficient (Wildman–Crippen LogP) is 2.07. The molecule has 0 saturated carbocycles. The first-order valence-corrected chi connectivity index (χ1v) is 6.89. The number of nitrogens with zero attached hydrogens (tertiary/aromatic N) is 2. The Hall–Kier alpha value is -1.49. The minimum atomic E-state index is 0.218. The second kappa shape index (κ2) is 6.10. The van der Waals surface area contributed by atoms with Crippen molar-refractivity contribution in [2.45, 2.75) is 39.3 Å². The molecule has 0 aromatic carbocycles. The molecule has 1 aromatic heterocycles. The highest BCUT2D eigenvalue weighted by Gasteiger charge is 2.25. The molecule has 19 heavy (non-hydrogen) atoms. The van der Waals surface area contributed by atoms with E-state index >= 15 is 0 Å². The number of pyridine rings is 1. The molecule has 1 fully saturated rings. The maximum atomic E-state index is 5.89. The van der Waals surface area contributed by atoms with Crippen LogP contribution in [0, 0.1) is 0 Å². The molecule has 106 valence electrons. The first-order chi connectivity index (χ1) is 9.11. The number of rotatable bonds is 4. The summed E-state index contributed by atoms with van der Waals surface area (Å²) >= 11 is 0. The summed E-state index contributed by atoms with van der Waals surface area (Å²) in [4.78, 5) is 6.78. The Kier molecular flexibility index (Phi) is 4.47. The van der Waals surface area contributed by atoms with Crippen molar-refractivity contribution in [1.82, 2.24) is 4.98 Å². The zero-order valence-corrected chi connectivity index (χ0v) is 11.9. The molecule has 0 bridgehead atoms. The molecule has 2 rings (SSSR count). The minimum Gasteiger partial charge on any atom is -0.476 e. The van der Waals surface area contributed by atoms with E-state index in [1.807, 2.05) is 12.1 Å². The molecule has 0 radical (unpaired) electrons. The fourth-order valence-electron chi connectivity index (χ4n) is 2.14. The van der Waals surface area contributed by atoms with Gasteiger partial charge < -0.3 is 20.1 Å². The Morgan fingerprint density at radius 1 is 1.47 bits per heavy atom.